The molecule has 2 rings (SSSR count). The number of benzene rings is 1. The lowest BCUT2D eigenvalue weighted by Gasteiger charge is -2.17. The Morgan fingerprint density at radius 2 is 2.18 bits per heavy atom. The van der Waals surface area contributed by atoms with Crippen LogP contribution in [-0.4, -0.2) is 17.7 Å². The number of carbonyl (C=O) groups excluding carboxylic acids is 2. The third kappa shape index (κ3) is 1.93. The number of rotatable bonds is 2. The summed E-state index contributed by atoms with van der Waals surface area (Å²) < 4.78 is 13.4. The Kier molecular flexibility index (Phi) is 3.15. The fourth-order valence-corrected chi connectivity index (χ4v) is 2.15. The third-order valence-corrected chi connectivity index (χ3v) is 3.28. The fourth-order valence-electron chi connectivity index (χ4n) is 1.91. The van der Waals surface area contributed by atoms with Crippen LogP contribution in [0, 0.1) is 18.7 Å². The maximum Gasteiger partial charge on any atom is 0.238 e. The van der Waals surface area contributed by atoms with Gasteiger partial charge in [0.15, 0.2) is 0 Å². The summed E-state index contributed by atoms with van der Waals surface area (Å²) in [4.78, 5) is 24.7. The van der Waals surface area contributed by atoms with Crippen molar-refractivity contribution in [2.75, 3.05) is 10.8 Å². The molecule has 1 aliphatic heterocycles. The molecule has 0 aliphatic carbocycles. The van der Waals surface area contributed by atoms with Crippen LogP contribution in [0.25, 0.3) is 0 Å². The van der Waals surface area contributed by atoms with Gasteiger partial charge >= 0.3 is 0 Å². The molecule has 2 amide bonds. The van der Waals surface area contributed by atoms with Crippen LogP contribution in [0.3, 0.4) is 0 Å². The van der Waals surface area contributed by atoms with E-state index in [1.807, 2.05) is 0 Å². The first-order valence-electron chi connectivity index (χ1n) is 5.24. The standard InChI is InChI=1S/C12H11ClFNO2/c1-7-9(14)3-2-4-10(7)15-11(16)5-8(6-13)12(15)17/h2-4,8H,5-6H2,1H3. The molecule has 0 saturated carbocycles. The Hall–Kier alpha value is -1.42. The zero-order valence-corrected chi connectivity index (χ0v) is 10.00. The highest BCUT2D eigenvalue weighted by Crippen LogP contribution is 2.30. The van der Waals surface area contributed by atoms with Crippen LogP contribution in [0.2, 0.25) is 0 Å². The Morgan fingerprint density at radius 1 is 1.47 bits per heavy atom. The van der Waals surface area contributed by atoms with Crippen LogP contribution in [0.1, 0.15) is 12.0 Å². The molecule has 1 heterocycles. The van der Waals surface area contributed by atoms with Crippen molar-refractivity contribution in [1.82, 2.24) is 0 Å². The number of nitrogens with zero attached hydrogens (tertiary/aromatic N) is 1. The van der Waals surface area contributed by atoms with Crippen LogP contribution in [0.4, 0.5) is 10.1 Å². The number of anilines is 1. The fraction of sp³-hybridized carbons (Fsp3) is 0.333. The predicted molar refractivity (Wildman–Crippen MR) is 62.5 cm³/mol. The summed E-state index contributed by atoms with van der Waals surface area (Å²) in [5.74, 6) is -1.49. The van der Waals surface area contributed by atoms with E-state index in [0.717, 1.165) is 4.90 Å². The highest BCUT2D eigenvalue weighted by Gasteiger charge is 2.39. The molecule has 0 aromatic heterocycles. The zero-order chi connectivity index (χ0) is 12.6. The molecule has 1 fully saturated rings. The Bertz CT molecular complexity index is 489. The average Bonchev–Trinajstić information content (AvgIpc) is 2.58. The number of halogens is 2. The van der Waals surface area contributed by atoms with Crippen molar-refractivity contribution >= 4 is 29.1 Å². The summed E-state index contributed by atoms with van der Waals surface area (Å²) >= 11 is 5.62. The first-order chi connectivity index (χ1) is 8.06. The largest absolute Gasteiger partial charge is 0.274 e. The maximum absolute atomic E-state index is 13.4. The van der Waals surface area contributed by atoms with Crippen molar-refractivity contribution < 1.29 is 14.0 Å². The molecule has 1 unspecified atom stereocenters. The molecule has 1 atom stereocenters. The SMILES string of the molecule is Cc1c(F)cccc1N1C(=O)CC(CCl)C1=O. The lowest BCUT2D eigenvalue weighted by Crippen LogP contribution is -2.31. The zero-order valence-electron chi connectivity index (χ0n) is 9.24. The van der Waals surface area contributed by atoms with E-state index in [1.165, 1.54) is 12.1 Å². The molecular weight excluding hydrogens is 245 g/mol. The van der Waals surface area contributed by atoms with E-state index in [4.69, 9.17) is 11.6 Å². The highest BCUT2D eigenvalue weighted by atomic mass is 35.5. The van der Waals surface area contributed by atoms with Gasteiger partial charge in [0.25, 0.3) is 0 Å². The van der Waals surface area contributed by atoms with Gasteiger partial charge in [0.2, 0.25) is 11.8 Å². The van der Waals surface area contributed by atoms with E-state index < -0.39 is 11.7 Å². The Morgan fingerprint density at radius 3 is 2.76 bits per heavy atom. The average molecular weight is 256 g/mol. The Balaban J connectivity index is 2.44. The summed E-state index contributed by atoms with van der Waals surface area (Å²) in [7, 11) is 0. The molecule has 1 saturated heterocycles. The van der Waals surface area contributed by atoms with Gasteiger partial charge in [0.05, 0.1) is 11.6 Å². The number of alkyl halides is 1. The normalized spacial score (nSPS) is 20.2. The lowest BCUT2D eigenvalue weighted by atomic mass is 10.1. The summed E-state index contributed by atoms with van der Waals surface area (Å²) in [6, 6.07) is 4.33. The molecule has 0 spiro atoms. The number of hydrogen-bond donors (Lipinski definition) is 0. The van der Waals surface area contributed by atoms with Crippen LogP contribution in [0.15, 0.2) is 18.2 Å². The van der Waals surface area contributed by atoms with Gasteiger partial charge < -0.3 is 0 Å². The molecule has 3 nitrogen and oxygen atoms in total. The number of hydrogen-bond acceptors (Lipinski definition) is 2. The van der Waals surface area contributed by atoms with Gasteiger partial charge in [-0.3, -0.25) is 9.59 Å². The van der Waals surface area contributed by atoms with Crippen molar-refractivity contribution in [3.05, 3.63) is 29.6 Å². The van der Waals surface area contributed by atoms with E-state index in [0.29, 0.717) is 11.3 Å². The Labute approximate surface area is 103 Å². The van der Waals surface area contributed by atoms with Gasteiger partial charge in [-0.05, 0) is 19.1 Å². The second-order valence-electron chi connectivity index (χ2n) is 4.01. The van der Waals surface area contributed by atoms with Crippen molar-refractivity contribution in [3.63, 3.8) is 0 Å². The van der Waals surface area contributed by atoms with Gasteiger partial charge in [0, 0.05) is 17.9 Å². The van der Waals surface area contributed by atoms with Crippen molar-refractivity contribution in [3.8, 4) is 0 Å². The second kappa shape index (κ2) is 4.45. The van der Waals surface area contributed by atoms with Crippen LogP contribution in [-0.2, 0) is 9.59 Å². The first kappa shape index (κ1) is 12.0. The van der Waals surface area contributed by atoms with E-state index in [9.17, 15) is 14.0 Å². The topological polar surface area (TPSA) is 37.4 Å². The molecule has 1 aliphatic rings. The van der Waals surface area contributed by atoms with Gasteiger partial charge in [-0.2, -0.15) is 0 Å². The number of carbonyl (C=O) groups is 2. The van der Waals surface area contributed by atoms with Crippen LogP contribution < -0.4 is 4.90 Å². The molecular formula is C12H11ClFNO2. The second-order valence-corrected chi connectivity index (χ2v) is 4.32. The molecule has 1 aromatic carbocycles. The summed E-state index contributed by atoms with van der Waals surface area (Å²) in [5.41, 5.74) is 0.608. The highest BCUT2D eigenvalue weighted by molar-refractivity contribution is 6.26. The summed E-state index contributed by atoms with van der Waals surface area (Å²) in [6.07, 6.45) is 0.0955. The molecule has 90 valence electrons. The number of imide groups is 1. The molecule has 1 aromatic rings. The lowest BCUT2D eigenvalue weighted by molar-refractivity contribution is -0.122. The predicted octanol–water partition coefficient (Wildman–Crippen LogP) is 2.25. The van der Waals surface area contributed by atoms with Crippen molar-refractivity contribution in [1.29, 1.82) is 0 Å². The molecule has 17 heavy (non-hydrogen) atoms. The van der Waals surface area contributed by atoms with E-state index in [2.05, 4.69) is 0 Å². The van der Waals surface area contributed by atoms with Crippen LogP contribution in [0.5, 0.6) is 0 Å². The van der Waals surface area contributed by atoms with E-state index >= 15 is 0 Å². The van der Waals surface area contributed by atoms with Gasteiger partial charge in [-0.1, -0.05) is 6.07 Å². The molecule has 0 radical (unpaired) electrons. The summed E-state index contributed by atoms with van der Waals surface area (Å²) in [6.45, 7) is 1.54. The minimum atomic E-state index is -0.494. The monoisotopic (exact) mass is 255 g/mol. The van der Waals surface area contributed by atoms with E-state index in [-0.39, 0.29) is 24.1 Å². The third-order valence-electron chi connectivity index (χ3n) is 2.91. The first-order valence-corrected chi connectivity index (χ1v) is 5.77. The minimum absolute atomic E-state index is 0.0955. The molecule has 0 bridgehead atoms. The van der Waals surface area contributed by atoms with Crippen molar-refractivity contribution in [2.45, 2.75) is 13.3 Å². The summed E-state index contributed by atoms with van der Waals surface area (Å²) in [5, 5.41) is 0. The minimum Gasteiger partial charge on any atom is -0.274 e. The van der Waals surface area contributed by atoms with Gasteiger partial charge in [-0.15, -0.1) is 11.6 Å². The van der Waals surface area contributed by atoms with Gasteiger partial charge in [-0.25, -0.2) is 9.29 Å². The molecule has 0 N–H and O–H groups in total. The maximum atomic E-state index is 13.4. The van der Waals surface area contributed by atoms with Gasteiger partial charge in [0.1, 0.15) is 5.82 Å². The smallest absolute Gasteiger partial charge is 0.238 e. The van der Waals surface area contributed by atoms with Crippen molar-refractivity contribution in [2.24, 2.45) is 5.92 Å². The number of amides is 2. The van der Waals surface area contributed by atoms with E-state index in [1.54, 1.807) is 13.0 Å². The quantitative estimate of drug-likeness (QED) is 0.600. The molecule has 5 heteroatoms. The van der Waals surface area contributed by atoms with Crippen LogP contribution >= 0.6 is 11.6 Å².